The van der Waals surface area contributed by atoms with Crippen molar-refractivity contribution in [3.05, 3.63) is 94.1 Å². The summed E-state index contributed by atoms with van der Waals surface area (Å²) in [4.78, 5) is 31.1. The molecule has 2 aromatic heterocycles. The number of nitrogen functional groups attached to an aromatic ring is 1. The van der Waals surface area contributed by atoms with Crippen molar-refractivity contribution < 1.29 is 27.5 Å². The largest absolute Gasteiger partial charge is 0.433 e. The third-order valence-electron chi connectivity index (χ3n) is 7.04. The fourth-order valence-electron chi connectivity index (χ4n) is 4.99. The van der Waals surface area contributed by atoms with E-state index >= 15 is 0 Å². The summed E-state index contributed by atoms with van der Waals surface area (Å²) in [6.45, 7) is 2.17. The molecular weight excluding hydrogens is 523 g/mol. The van der Waals surface area contributed by atoms with Crippen LogP contribution in [0.4, 0.5) is 24.7 Å². The minimum Gasteiger partial charge on any atom is -0.433 e. The van der Waals surface area contributed by atoms with Crippen molar-refractivity contribution in [2.75, 3.05) is 17.2 Å². The molecule has 1 aliphatic heterocycles. The molecule has 0 atom stereocenters. The van der Waals surface area contributed by atoms with Crippen molar-refractivity contribution in [3.8, 4) is 17.3 Å². The van der Waals surface area contributed by atoms with Crippen LogP contribution in [0.25, 0.3) is 11.8 Å². The van der Waals surface area contributed by atoms with Gasteiger partial charge in [0, 0.05) is 31.0 Å². The maximum atomic E-state index is 14.8. The zero-order valence-electron chi connectivity index (χ0n) is 21.2. The number of carbonyl (C=O) groups is 2. The number of ketones is 1. The minimum absolute atomic E-state index is 0.0385. The van der Waals surface area contributed by atoms with Gasteiger partial charge in [-0.3, -0.25) is 9.59 Å². The number of anilines is 2. The van der Waals surface area contributed by atoms with Gasteiger partial charge in [0.25, 0.3) is 0 Å². The Balaban J connectivity index is 1.23. The summed E-state index contributed by atoms with van der Waals surface area (Å²) in [5.41, 5.74) is 9.43. The molecule has 0 saturated carbocycles. The number of hydrogen-bond donors (Lipinski definition) is 1. The van der Waals surface area contributed by atoms with Crippen molar-refractivity contribution in [2.24, 2.45) is 0 Å². The molecule has 0 bridgehead atoms. The molecule has 1 amide bonds. The number of amides is 1. The SMILES string of the molecule is Cc1cc(Oc2c(F)cccc2F)ncc1-n1ncc(C(=O)C2=Cc3cc(F)c(N4CCCC4=O)cc3C2)c1N. The summed E-state index contributed by atoms with van der Waals surface area (Å²) in [6.07, 6.45) is 5.65. The highest BCUT2D eigenvalue weighted by Gasteiger charge is 2.29. The first kappa shape index (κ1) is 25.4. The summed E-state index contributed by atoms with van der Waals surface area (Å²) < 4.78 is 49.4. The number of hydrogen-bond acceptors (Lipinski definition) is 6. The Labute approximate surface area is 226 Å². The summed E-state index contributed by atoms with van der Waals surface area (Å²) in [5, 5.41) is 4.26. The average Bonchev–Trinajstić information content (AvgIpc) is 3.64. The van der Waals surface area contributed by atoms with E-state index in [0.717, 1.165) is 17.7 Å². The molecule has 202 valence electrons. The lowest BCUT2D eigenvalue weighted by Gasteiger charge is -2.17. The molecule has 0 radical (unpaired) electrons. The number of rotatable bonds is 6. The van der Waals surface area contributed by atoms with Crippen LogP contribution in [0.15, 0.2) is 54.4 Å². The van der Waals surface area contributed by atoms with Gasteiger partial charge in [0.1, 0.15) is 11.6 Å². The second-order valence-corrected chi connectivity index (χ2v) is 9.64. The second kappa shape index (κ2) is 9.67. The fraction of sp³-hybridized carbons (Fsp3) is 0.172. The summed E-state index contributed by atoms with van der Waals surface area (Å²) >= 11 is 0. The third kappa shape index (κ3) is 4.29. The van der Waals surface area contributed by atoms with E-state index < -0.39 is 23.2 Å². The Bertz CT molecular complexity index is 1730. The highest BCUT2D eigenvalue weighted by atomic mass is 19.1. The van der Waals surface area contributed by atoms with E-state index in [1.54, 1.807) is 19.1 Å². The Morgan fingerprint density at radius 3 is 2.52 bits per heavy atom. The molecular formula is C29H22F3N5O3. The minimum atomic E-state index is -0.866. The van der Waals surface area contributed by atoms with Gasteiger partial charge in [-0.15, -0.1) is 0 Å². The normalized spacial score (nSPS) is 14.4. The lowest BCUT2D eigenvalue weighted by atomic mass is 10.0. The van der Waals surface area contributed by atoms with E-state index in [2.05, 4.69) is 10.1 Å². The van der Waals surface area contributed by atoms with Crippen molar-refractivity contribution in [3.63, 3.8) is 0 Å². The van der Waals surface area contributed by atoms with Gasteiger partial charge in [-0.1, -0.05) is 6.07 Å². The van der Waals surface area contributed by atoms with Crippen molar-refractivity contribution >= 4 is 29.3 Å². The number of nitrogens with zero attached hydrogens (tertiary/aromatic N) is 4. The number of aromatic nitrogens is 3. The van der Waals surface area contributed by atoms with Crippen LogP contribution in [0.2, 0.25) is 0 Å². The molecule has 6 rings (SSSR count). The molecule has 2 aliphatic rings. The zero-order chi connectivity index (χ0) is 28.1. The molecule has 11 heteroatoms. The number of allylic oxidation sites excluding steroid dienone is 1. The van der Waals surface area contributed by atoms with Crippen LogP contribution in [0.1, 0.15) is 39.9 Å². The zero-order valence-corrected chi connectivity index (χ0v) is 21.2. The second-order valence-electron chi connectivity index (χ2n) is 9.64. The Morgan fingerprint density at radius 1 is 1.05 bits per heavy atom. The lowest BCUT2D eigenvalue weighted by molar-refractivity contribution is -0.117. The van der Waals surface area contributed by atoms with Gasteiger partial charge < -0.3 is 15.4 Å². The number of aryl methyl sites for hydroxylation is 1. The topological polar surface area (TPSA) is 103 Å². The molecule has 4 aromatic rings. The maximum absolute atomic E-state index is 14.8. The van der Waals surface area contributed by atoms with Crippen molar-refractivity contribution in [2.45, 2.75) is 26.2 Å². The first-order valence-electron chi connectivity index (χ1n) is 12.5. The molecule has 1 fully saturated rings. The van der Waals surface area contributed by atoms with E-state index in [1.807, 2.05) is 0 Å². The highest BCUT2D eigenvalue weighted by Crippen LogP contribution is 2.35. The molecule has 2 N–H and O–H groups in total. The molecule has 8 nitrogen and oxygen atoms in total. The van der Waals surface area contributed by atoms with Gasteiger partial charge in [-0.05, 0) is 60.4 Å². The predicted molar refractivity (Wildman–Crippen MR) is 141 cm³/mol. The number of benzene rings is 2. The van der Waals surface area contributed by atoms with Crippen LogP contribution in [0, 0.1) is 24.4 Å². The van der Waals surface area contributed by atoms with E-state index in [9.17, 15) is 22.8 Å². The number of ether oxygens (including phenoxy) is 1. The number of carbonyl (C=O) groups excluding carboxylic acids is 2. The third-order valence-corrected chi connectivity index (χ3v) is 7.04. The quantitative estimate of drug-likeness (QED) is 0.329. The molecule has 3 heterocycles. The number of para-hydroxylation sites is 1. The summed E-state index contributed by atoms with van der Waals surface area (Å²) in [7, 11) is 0. The van der Waals surface area contributed by atoms with Gasteiger partial charge in [0.05, 0.1) is 29.3 Å². The summed E-state index contributed by atoms with van der Waals surface area (Å²) in [6, 6.07) is 7.82. The van der Waals surface area contributed by atoms with E-state index in [4.69, 9.17) is 10.5 Å². The molecule has 0 spiro atoms. The van der Waals surface area contributed by atoms with E-state index in [0.29, 0.717) is 41.8 Å². The van der Waals surface area contributed by atoms with Crippen LogP contribution in [0.3, 0.4) is 0 Å². The van der Waals surface area contributed by atoms with Crippen molar-refractivity contribution in [1.82, 2.24) is 14.8 Å². The van der Waals surface area contributed by atoms with Gasteiger partial charge >= 0.3 is 0 Å². The molecule has 2 aromatic carbocycles. The first-order valence-corrected chi connectivity index (χ1v) is 12.5. The monoisotopic (exact) mass is 545 g/mol. The first-order chi connectivity index (χ1) is 19.2. The average molecular weight is 546 g/mol. The van der Waals surface area contributed by atoms with Crippen LogP contribution in [-0.2, 0) is 11.2 Å². The van der Waals surface area contributed by atoms with Gasteiger partial charge in [0.15, 0.2) is 17.4 Å². The molecule has 1 saturated heterocycles. The van der Waals surface area contributed by atoms with Crippen molar-refractivity contribution in [1.29, 1.82) is 0 Å². The Hall–Kier alpha value is -4.93. The van der Waals surface area contributed by atoms with E-state index in [1.165, 1.54) is 40.2 Å². The van der Waals surface area contributed by atoms with Gasteiger partial charge in [-0.2, -0.15) is 5.10 Å². The van der Waals surface area contributed by atoms with Gasteiger partial charge in [0.2, 0.25) is 17.5 Å². The van der Waals surface area contributed by atoms with E-state index in [-0.39, 0.29) is 41.1 Å². The molecule has 1 aliphatic carbocycles. The standard InChI is InChI=1S/C29H22F3N5O3/c1-15-8-25(40-28-20(30)4-2-5-21(28)31)34-14-24(15)37-29(33)19(13-35-37)27(39)18-9-16-11-22(32)23(12-17(16)10-18)36-7-3-6-26(36)38/h2,4-5,8-9,11-14H,3,6-7,10,33H2,1H3. The summed E-state index contributed by atoms with van der Waals surface area (Å²) in [5.74, 6) is -3.27. The highest BCUT2D eigenvalue weighted by molar-refractivity contribution is 6.15. The maximum Gasteiger partial charge on any atom is 0.227 e. The van der Waals surface area contributed by atoms with Crippen LogP contribution < -0.4 is 15.4 Å². The molecule has 40 heavy (non-hydrogen) atoms. The Kier molecular flexibility index (Phi) is 6.13. The number of nitrogens with two attached hydrogens (primary N) is 1. The number of Topliss-reactive ketones (excluding diaryl/α,β-unsaturated/α-hetero) is 1. The number of fused-ring (bicyclic) bond motifs is 1. The van der Waals surface area contributed by atoms with Gasteiger partial charge in [-0.25, -0.2) is 22.8 Å². The Morgan fingerprint density at radius 2 is 1.82 bits per heavy atom. The van der Waals surface area contributed by atoms with Crippen LogP contribution >= 0.6 is 0 Å². The molecule has 0 unspecified atom stereocenters. The lowest BCUT2D eigenvalue weighted by Crippen LogP contribution is -2.25. The number of pyridine rings is 1. The smallest absolute Gasteiger partial charge is 0.227 e. The number of halogens is 3. The van der Waals surface area contributed by atoms with Crippen LogP contribution in [-0.4, -0.2) is 33.0 Å². The fourth-order valence-corrected chi connectivity index (χ4v) is 4.99. The van der Waals surface area contributed by atoms with Crippen LogP contribution in [0.5, 0.6) is 11.6 Å². The predicted octanol–water partition coefficient (Wildman–Crippen LogP) is 5.32.